The van der Waals surface area contributed by atoms with Gasteiger partial charge in [-0.05, 0) is 11.6 Å². The number of hydrogen-bond donors (Lipinski definition) is 2. The average molecular weight is 200 g/mol. The smallest absolute Gasteiger partial charge is 0.327 e. The number of nitrogens with one attached hydrogen (secondary N) is 1. The van der Waals surface area contributed by atoms with E-state index < -0.39 is 0 Å². The molecule has 6 nitrogen and oxygen atoms in total. The molecule has 0 atom stereocenters. The maximum absolute atomic E-state index is 11.1. The van der Waals surface area contributed by atoms with Gasteiger partial charge in [-0.2, -0.15) is 9.97 Å². The highest BCUT2D eigenvalue weighted by molar-refractivity contribution is 6.28. The molecule has 2 rings (SSSR count). The summed E-state index contributed by atoms with van der Waals surface area (Å²) in [6.45, 7) is 0. The number of halogens is 1. The average Bonchev–Trinajstić information content (AvgIpc) is 2.27. The highest BCUT2D eigenvalue weighted by Gasteiger charge is 2.09. The summed E-state index contributed by atoms with van der Waals surface area (Å²) in [7, 11) is 1.58. The number of anilines is 1. The Bertz CT molecular complexity index is 528. The van der Waals surface area contributed by atoms with E-state index in [0.29, 0.717) is 11.2 Å². The predicted octanol–water partition coefficient (Wildman–Crippen LogP) is -0.108. The Morgan fingerprint density at radius 3 is 2.92 bits per heavy atom. The van der Waals surface area contributed by atoms with E-state index in [2.05, 4.69) is 15.0 Å². The van der Waals surface area contributed by atoms with Crippen LogP contribution in [0.15, 0.2) is 4.79 Å². The van der Waals surface area contributed by atoms with Crippen molar-refractivity contribution in [3.05, 3.63) is 15.8 Å². The maximum Gasteiger partial charge on any atom is 0.327 e. The van der Waals surface area contributed by atoms with Crippen LogP contribution in [0.2, 0.25) is 5.28 Å². The third kappa shape index (κ3) is 1.06. The van der Waals surface area contributed by atoms with E-state index in [0.717, 1.165) is 0 Å². The van der Waals surface area contributed by atoms with Crippen LogP contribution in [-0.4, -0.2) is 19.5 Å². The summed E-state index contributed by atoms with van der Waals surface area (Å²) in [6, 6.07) is 0. The number of aryl methyl sites for hydroxylation is 1. The fourth-order valence-electron chi connectivity index (χ4n) is 1.15. The van der Waals surface area contributed by atoms with Crippen molar-refractivity contribution < 1.29 is 0 Å². The molecule has 0 radical (unpaired) electrons. The lowest BCUT2D eigenvalue weighted by Crippen LogP contribution is -2.12. The van der Waals surface area contributed by atoms with Crippen molar-refractivity contribution in [2.24, 2.45) is 7.05 Å². The Morgan fingerprint density at radius 1 is 1.54 bits per heavy atom. The third-order valence-corrected chi connectivity index (χ3v) is 1.92. The molecule has 0 bridgehead atoms. The van der Waals surface area contributed by atoms with Crippen molar-refractivity contribution in [3.8, 4) is 0 Å². The van der Waals surface area contributed by atoms with Gasteiger partial charge in [0.25, 0.3) is 0 Å². The van der Waals surface area contributed by atoms with Crippen LogP contribution in [0, 0.1) is 0 Å². The summed E-state index contributed by atoms with van der Waals surface area (Å²) in [5, 5.41) is 0.0202. The van der Waals surface area contributed by atoms with Gasteiger partial charge in [0, 0.05) is 7.05 Å². The summed E-state index contributed by atoms with van der Waals surface area (Å²) in [6.07, 6.45) is 0. The van der Waals surface area contributed by atoms with Gasteiger partial charge in [0.15, 0.2) is 11.5 Å². The van der Waals surface area contributed by atoms with Crippen LogP contribution >= 0.6 is 11.6 Å². The van der Waals surface area contributed by atoms with Gasteiger partial charge in [-0.1, -0.05) is 0 Å². The van der Waals surface area contributed by atoms with Crippen molar-refractivity contribution in [1.82, 2.24) is 19.5 Å². The van der Waals surface area contributed by atoms with Crippen LogP contribution in [0.5, 0.6) is 0 Å². The number of nitrogen functional groups attached to an aromatic ring is 1. The molecule has 0 aromatic carbocycles. The van der Waals surface area contributed by atoms with E-state index >= 15 is 0 Å². The second-order valence-electron chi connectivity index (χ2n) is 2.56. The molecular weight excluding hydrogens is 194 g/mol. The molecular formula is C6H6ClN5O. The first kappa shape index (κ1) is 8.06. The van der Waals surface area contributed by atoms with E-state index in [-0.39, 0.29) is 16.8 Å². The number of imidazole rings is 1. The Kier molecular flexibility index (Phi) is 1.53. The van der Waals surface area contributed by atoms with Crippen LogP contribution < -0.4 is 11.4 Å². The zero-order valence-corrected chi connectivity index (χ0v) is 7.46. The predicted molar refractivity (Wildman–Crippen MR) is 48.6 cm³/mol. The first-order valence-electron chi connectivity index (χ1n) is 3.47. The Balaban J connectivity index is 3.03. The molecule has 0 spiro atoms. The first-order valence-corrected chi connectivity index (χ1v) is 3.85. The molecule has 68 valence electrons. The zero-order chi connectivity index (χ0) is 9.59. The van der Waals surface area contributed by atoms with Crippen LogP contribution in [0.25, 0.3) is 11.2 Å². The number of nitrogens with zero attached hydrogens (tertiary/aromatic N) is 3. The molecule has 7 heteroatoms. The van der Waals surface area contributed by atoms with Crippen molar-refractivity contribution in [3.63, 3.8) is 0 Å². The lowest BCUT2D eigenvalue weighted by molar-refractivity contribution is 0.891. The quantitative estimate of drug-likeness (QED) is 0.580. The molecule has 0 amide bonds. The Morgan fingerprint density at radius 2 is 2.23 bits per heavy atom. The van der Waals surface area contributed by atoms with E-state index in [4.69, 9.17) is 17.3 Å². The molecule has 0 saturated heterocycles. The summed E-state index contributed by atoms with van der Waals surface area (Å²) in [4.78, 5) is 21.2. The Hall–Kier alpha value is -1.56. The van der Waals surface area contributed by atoms with Gasteiger partial charge in [0.1, 0.15) is 5.52 Å². The Labute approximate surface area is 77.4 Å². The fourth-order valence-corrected chi connectivity index (χ4v) is 1.32. The molecule has 2 heterocycles. The summed E-state index contributed by atoms with van der Waals surface area (Å²) in [5.74, 6) is 0.191. The van der Waals surface area contributed by atoms with Crippen LogP contribution in [0.1, 0.15) is 0 Å². The molecule has 2 aromatic heterocycles. The number of hydrogen-bond acceptors (Lipinski definition) is 4. The number of nitrogens with two attached hydrogens (primary N) is 1. The molecule has 3 N–H and O–H groups in total. The van der Waals surface area contributed by atoms with Gasteiger partial charge in [0.2, 0.25) is 5.28 Å². The van der Waals surface area contributed by atoms with Gasteiger partial charge >= 0.3 is 5.69 Å². The molecule has 0 aliphatic heterocycles. The summed E-state index contributed by atoms with van der Waals surface area (Å²) in [5.41, 5.74) is 6.08. The van der Waals surface area contributed by atoms with E-state index in [1.165, 1.54) is 4.57 Å². The number of rotatable bonds is 0. The molecule has 0 unspecified atom stereocenters. The second-order valence-corrected chi connectivity index (χ2v) is 2.90. The number of aromatic amines is 1. The highest BCUT2D eigenvalue weighted by atomic mass is 35.5. The second kappa shape index (κ2) is 2.46. The van der Waals surface area contributed by atoms with Crippen molar-refractivity contribution in [1.29, 1.82) is 0 Å². The summed E-state index contributed by atoms with van der Waals surface area (Å²) < 4.78 is 1.33. The third-order valence-electron chi connectivity index (χ3n) is 1.75. The minimum Gasteiger partial charge on any atom is -0.382 e. The largest absolute Gasteiger partial charge is 0.382 e. The summed E-state index contributed by atoms with van der Waals surface area (Å²) >= 11 is 5.55. The standard InChI is InChI=1S/C6H6ClN5O/c1-12-2-3(8)9-5(7)10-4(2)11-6(12)13/h1H3,(H3,8,9,10,11,13). The molecule has 0 aliphatic carbocycles. The number of aromatic nitrogens is 4. The lowest BCUT2D eigenvalue weighted by Gasteiger charge is -1.97. The normalized spacial score (nSPS) is 10.9. The van der Waals surface area contributed by atoms with Crippen molar-refractivity contribution in [2.45, 2.75) is 0 Å². The van der Waals surface area contributed by atoms with Gasteiger partial charge in [-0.15, -0.1) is 0 Å². The van der Waals surface area contributed by atoms with Gasteiger partial charge in [-0.3, -0.25) is 9.55 Å². The molecule has 2 aromatic rings. The number of fused-ring (bicyclic) bond motifs is 1. The topological polar surface area (TPSA) is 89.6 Å². The van der Waals surface area contributed by atoms with E-state index in [9.17, 15) is 4.79 Å². The van der Waals surface area contributed by atoms with Gasteiger partial charge in [0.05, 0.1) is 0 Å². The van der Waals surface area contributed by atoms with Crippen LogP contribution in [0.3, 0.4) is 0 Å². The van der Waals surface area contributed by atoms with Gasteiger partial charge in [-0.25, -0.2) is 4.79 Å². The SMILES string of the molecule is Cn1c(=O)[nH]c2nc(Cl)nc(N)c21. The maximum atomic E-state index is 11.1. The number of H-pyrrole nitrogens is 1. The first-order chi connectivity index (χ1) is 6.09. The van der Waals surface area contributed by atoms with E-state index in [1.807, 2.05) is 0 Å². The minimum absolute atomic E-state index is 0.0202. The molecule has 13 heavy (non-hydrogen) atoms. The minimum atomic E-state index is -0.293. The zero-order valence-electron chi connectivity index (χ0n) is 6.71. The molecule has 0 saturated carbocycles. The molecule has 0 aliphatic rings. The van der Waals surface area contributed by atoms with Crippen molar-refractivity contribution in [2.75, 3.05) is 5.73 Å². The molecule has 0 fully saturated rings. The van der Waals surface area contributed by atoms with Crippen molar-refractivity contribution >= 4 is 28.6 Å². The lowest BCUT2D eigenvalue weighted by atomic mass is 10.5. The van der Waals surface area contributed by atoms with Gasteiger partial charge < -0.3 is 5.73 Å². The fraction of sp³-hybridized carbons (Fsp3) is 0.167. The van der Waals surface area contributed by atoms with E-state index in [1.54, 1.807) is 7.05 Å². The highest BCUT2D eigenvalue weighted by Crippen LogP contribution is 2.15. The van der Waals surface area contributed by atoms with Crippen LogP contribution in [0.4, 0.5) is 5.82 Å². The van der Waals surface area contributed by atoms with Crippen LogP contribution in [-0.2, 0) is 7.05 Å². The monoisotopic (exact) mass is 199 g/mol.